The van der Waals surface area contributed by atoms with Crippen molar-refractivity contribution in [3.05, 3.63) is 39.8 Å². The molecule has 0 saturated heterocycles. The van der Waals surface area contributed by atoms with E-state index in [-0.39, 0.29) is 11.8 Å². The third-order valence-electron chi connectivity index (χ3n) is 4.17. The van der Waals surface area contributed by atoms with E-state index in [2.05, 4.69) is 10.3 Å². The first-order chi connectivity index (χ1) is 11.2. The molecule has 5 nitrogen and oxygen atoms in total. The van der Waals surface area contributed by atoms with E-state index >= 15 is 0 Å². The third kappa shape index (κ3) is 3.47. The summed E-state index contributed by atoms with van der Waals surface area (Å²) in [5, 5.41) is 3.03. The molecule has 1 amide bonds. The van der Waals surface area contributed by atoms with Gasteiger partial charge in [0.25, 0.3) is 0 Å². The number of nitrogens with zero attached hydrogens (tertiary/aromatic N) is 1. The molecule has 1 aromatic heterocycles. The van der Waals surface area contributed by atoms with Crippen LogP contribution in [0.1, 0.15) is 22.6 Å². The fraction of sp³-hybridized carbons (Fsp3) is 0.412. The largest absolute Gasteiger partial charge is 0.493 e. The van der Waals surface area contributed by atoms with E-state index in [0.717, 1.165) is 24.8 Å². The van der Waals surface area contributed by atoms with E-state index in [1.165, 1.54) is 10.6 Å². The van der Waals surface area contributed by atoms with E-state index in [1.54, 1.807) is 25.6 Å². The van der Waals surface area contributed by atoms with Crippen LogP contribution in [0.5, 0.6) is 11.5 Å². The summed E-state index contributed by atoms with van der Waals surface area (Å²) in [4.78, 5) is 18.0. The van der Waals surface area contributed by atoms with Crippen molar-refractivity contribution in [1.29, 1.82) is 0 Å². The van der Waals surface area contributed by atoms with E-state index in [9.17, 15) is 4.79 Å². The molecule has 0 fully saturated rings. The van der Waals surface area contributed by atoms with Crippen molar-refractivity contribution in [2.24, 2.45) is 5.92 Å². The average Bonchev–Trinajstić information content (AvgIpc) is 3.06. The second kappa shape index (κ2) is 7.00. The van der Waals surface area contributed by atoms with Gasteiger partial charge in [-0.2, -0.15) is 0 Å². The maximum Gasteiger partial charge on any atom is 0.223 e. The predicted octanol–water partition coefficient (Wildman–Crippen LogP) is 2.58. The van der Waals surface area contributed by atoms with E-state index < -0.39 is 0 Å². The smallest absolute Gasteiger partial charge is 0.223 e. The summed E-state index contributed by atoms with van der Waals surface area (Å²) in [6.07, 6.45) is 2.57. The van der Waals surface area contributed by atoms with Crippen molar-refractivity contribution >= 4 is 17.2 Å². The van der Waals surface area contributed by atoms with Crippen molar-refractivity contribution < 1.29 is 14.3 Å². The Morgan fingerprint density at radius 1 is 1.35 bits per heavy atom. The summed E-state index contributed by atoms with van der Waals surface area (Å²) in [6.45, 7) is 0.491. The van der Waals surface area contributed by atoms with Crippen molar-refractivity contribution in [3.63, 3.8) is 0 Å². The van der Waals surface area contributed by atoms with Gasteiger partial charge in [0.2, 0.25) is 5.91 Å². The SMILES string of the molecule is COc1ccc(CNC(=O)C2CCc3ncsc3C2)cc1OC. The number of aryl methyl sites for hydroxylation is 1. The maximum absolute atomic E-state index is 12.4. The number of hydrogen-bond donors (Lipinski definition) is 1. The lowest BCUT2D eigenvalue weighted by Crippen LogP contribution is -2.33. The molecule has 1 aromatic carbocycles. The van der Waals surface area contributed by atoms with Crippen LogP contribution in [0.2, 0.25) is 0 Å². The standard InChI is InChI=1S/C17H20N2O3S/c1-21-14-6-3-11(7-15(14)22-2)9-18-17(20)12-4-5-13-16(8-12)23-10-19-13/h3,6-7,10,12H,4-5,8-9H2,1-2H3,(H,18,20). The molecule has 0 radical (unpaired) electrons. The van der Waals surface area contributed by atoms with E-state index in [4.69, 9.17) is 9.47 Å². The molecule has 23 heavy (non-hydrogen) atoms. The monoisotopic (exact) mass is 332 g/mol. The van der Waals surface area contributed by atoms with Gasteiger partial charge in [-0.25, -0.2) is 4.98 Å². The van der Waals surface area contributed by atoms with Crippen LogP contribution in [-0.2, 0) is 24.2 Å². The van der Waals surface area contributed by atoms with Crippen molar-refractivity contribution in [2.45, 2.75) is 25.8 Å². The first kappa shape index (κ1) is 15.8. The number of fused-ring (bicyclic) bond motifs is 1. The summed E-state index contributed by atoms with van der Waals surface area (Å²) < 4.78 is 10.5. The zero-order valence-corrected chi connectivity index (χ0v) is 14.1. The second-order valence-corrected chi connectivity index (χ2v) is 6.51. The normalized spacial score (nSPS) is 16.5. The molecule has 122 valence electrons. The van der Waals surface area contributed by atoms with Crippen LogP contribution >= 0.6 is 11.3 Å². The Morgan fingerprint density at radius 3 is 2.96 bits per heavy atom. The fourth-order valence-electron chi connectivity index (χ4n) is 2.85. The number of aromatic nitrogens is 1. The Morgan fingerprint density at radius 2 is 2.17 bits per heavy atom. The molecule has 1 atom stereocenters. The minimum absolute atomic E-state index is 0.0445. The van der Waals surface area contributed by atoms with Gasteiger partial charge >= 0.3 is 0 Å². The van der Waals surface area contributed by atoms with Crippen molar-refractivity contribution in [3.8, 4) is 11.5 Å². The number of benzene rings is 1. The highest BCUT2D eigenvalue weighted by atomic mass is 32.1. The number of carbonyl (C=O) groups is 1. The molecule has 0 spiro atoms. The van der Waals surface area contributed by atoms with Crippen LogP contribution in [-0.4, -0.2) is 25.1 Å². The van der Waals surface area contributed by atoms with E-state index in [1.807, 2.05) is 23.7 Å². The van der Waals surface area contributed by atoms with Gasteiger partial charge < -0.3 is 14.8 Å². The highest BCUT2D eigenvalue weighted by Gasteiger charge is 2.26. The van der Waals surface area contributed by atoms with Crippen LogP contribution in [0.25, 0.3) is 0 Å². The minimum atomic E-state index is 0.0445. The number of carbonyl (C=O) groups excluding carboxylic acids is 1. The molecule has 1 N–H and O–H groups in total. The van der Waals surface area contributed by atoms with E-state index in [0.29, 0.717) is 18.0 Å². The Labute approximate surface area is 139 Å². The van der Waals surface area contributed by atoms with Gasteiger partial charge in [0, 0.05) is 17.3 Å². The Hall–Kier alpha value is -2.08. The molecule has 0 bridgehead atoms. The number of nitrogens with one attached hydrogen (secondary N) is 1. The quantitative estimate of drug-likeness (QED) is 0.914. The third-order valence-corrected chi connectivity index (χ3v) is 5.07. The topological polar surface area (TPSA) is 60.5 Å². The van der Waals surface area contributed by atoms with Crippen LogP contribution in [0, 0.1) is 5.92 Å². The zero-order chi connectivity index (χ0) is 16.2. The lowest BCUT2D eigenvalue weighted by molar-refractivity contribution is -0.125. The van der Waals surface area contributed by atoms with Gasteiger partial charge in [-0.3, -0.25) is 4.79 Å². The van der Waals surface area contributed by atoms with Crippen molar-refractivity contribution in [2.75, 3.05) is 14.2 Å². The lowest BCUT2D eigenvalue weighted by atomic mass is 9.90. The highest BCUT2D eigenvalue weighted by Crippen LogP contribution is 2.29. The number of hydrogen-bond acceptors (Lipinski definition) is 5. The van der Waals surface area contributed by atoms with Crippen molar-refractivity contribution in [1.82, 2.24) is 10.3 Å². The lowest BCUT2D eigenvalue weighted by Gasteiger charge is -2.20. The molecule has 6 heteroatoms. The molecule has 1 aliphatic carbocycles. The number of methoxy groups -OCH3 is 2. The Bertz CT molecular complexity index is 699. The predicted molar refractivity (Wildman–Crippen MR) is 89.0 cm³/mol. The number of rotatable bonds is 5. The first-order valence-electron chi connectivity index (χ1n) is 7.61. The molecular formula is C17H20N2O3S. The Balaban J connectivity index is 1.59. The molecule has 0 saturated carbocycles. The van der Waals surface area contributed by atoms with Crippen LogP contribution in [0.3, 0.4) is 0 Å². The van der Waals surface area contributed by atoms with Gasteiger partial charge in [-0.15, -0.1) is 11.3 Å². The molecule has 1 unspecified atom stereocenters. The average molecular weight is 332 g/mol. The van der Waals surface area contributed by atoms with Gasteiger partial charge in [0.05, 0.1) is 25.4 Å². The fourth-order valence-corrected chi connectivity index (χ4v) is 3.74. The molecule has 1 heterocycles. The second-order valence-electron chi connectivity index (χ2n) is 5.57. The summed E-state index contributed by atoms with van der Waals surface area (Å²) in [5.41, 5.74) is 4.03. The number of thiazole rings is 1. The van der Waals surface area contributed by atoms with Gasteiger partial charge in [-0.05, 0) is 37.0 Å². The molecular weight excluding hydrogens is 312 g/mol. The van der Waals surface area contributed by atoms with Gasteiger partial charge in [-0.1, -0.05) is 6.07 Å². The molecule has 0 aliphatic heterocycles. The Kier molecular flexibility index (Phi) is 4.81. The summed E-state index contributed by atoms with van der Waals surface area (Å²) >= 11 is 1.65. The zero-order valence-electron chi connectivity index (χ0n) is 13.3. The first-order valence-corrected chi connectivity index (χ1v) is 8.49. The maximum atomic E-state index is 12.4. The van der Waals surface area contributed by atoms with Gasteiger partial charge in [0.15, 0.2) is 11.5 Å². The van der Waals surface area contributed by atoms with Crippen LogP contribution in [0.4, 0.5) is 0 Å². The molecule has 2 aromatic rings. The highest BCUT2D eigenvalue weighted by molar-refractivity contribution is 7.09. The molecule has 3 rings (SSSR count). The van der Waals surface area contributed by atoms with Gasteiger partial charge in [0.1, 0.15) is 0 Å². The number of ether oxygens (including phenoxy) is 2. The summed E-state index contributed by atoms with van der Waals surface area (Å²) in [5.74, 6) is 1.51. The summed E-state index contributed by atoms with van der Waals surface area (Å²) in [7, 11) is 3.21. The number of amides is 1. The van der Waals surface area contributed by atoms with Crippen LogP contribution < -0.4 is 14.8 Å². The van der Waals surface area contributed by atoms with Crippen LogP contribution in [0.15, 0.2) is 23.7 Å². The molecule has 1 aliphatic rings. The minimum Gasteiger partial charge on any atom is -0.493 e. The summed E-state index contributed by atoms with van der Waals surface area (Å²) in [6, 6.07) is 5.68.